The molecule has 0 aromatic heterocycles. The van der Waals surface area contributed by atoms with Gasteiger partial charge in [-0.1, -0.05) is 13.3 Å². The van der Waals surface area contributed by atoms with E-state index in [-0.39, 0.29) is 5.75 Å². The molecule has 0 spiro atoms. The van der Waals surface area contributed by atoms with Crippen molar-refractivity contribution in [1.82, 2.24) is 14.5 Å². The molecule has 1 N–H and O–H groups in total. The lowest BCUT2D eigenvalue weighted by atomic mass is 10.3. The molecule has 6 nitrogen and oxygen atoms in total. The number of rotatable bonds is 6. The average Bonchev–Trinajstić information content (AvgIpc) is 2.71. The van der Waals surface area contributed by atoms with Gasteiger partial charge in [-0.25, -0.2) is 12.7 Å². The largest absolute Gasteiger partial charge is 0.355 e. The second kappa shape index (κ2) is 7.69. The van der Waals surface area contributed by atoms with Gasteiger partial charge >= 0.3 is 0 Å². The van der Waals surface area contributed by atoms with Crippen LogP contribution < -0.4 is 5.32 Å². The van der Waals surface area contributed by atoms with Crippen LogP contribution in [0.4, 0.5) is 0 Å². The SMILES string of the molecule is CCCCN(C)C(=NC)NCCN1CCCS1(=O)=O. The van der Waals surface area contributed by atoms with Gasteiger partial charge in [-0.15, -0.1) is 0 Å². The van der Waals surface area contributed by atoms with Gasteiger partial charge in [0.25, 0.3) is 0 Å². The van der Waals surface area contributed by atoms with Crippen LogP contribution in [0.3, 0.4) is 0 Å². The quantitative estimate of drug-likeness (QED) is 0.565. The van der Waals surface area contributed by atoms with Crippen LogP contribution >= 0.6 is 0 Å². The minimum Gasteiger partial charge on any atom is -0.355 e. The van der Waals surface area contributed by atoms with E-state index in [1.54, 1.807) is 11.4 Å². The number of sulfonamides is 1. The Bertz CT molecular complexity index is 395. The van der Waals surface area contributed by atoms with Crippen molar-refractivity contribution in [3.05, 3.63) is 0 Å². The van der Waals surface area contributed by atoms with E-state index in [4.69, 9.17) is 0 Å². The van der Waals surface area contributed by atoms with Crippen molar-refractivity contribution in [2.45, 2.75) is 26.2 Å². The van der Waals surface area contributed by atoms with E-state index in [1.807, 2.05) is 7.05 Å². The Labute approximate surface area is 116 Å². The summed E-state index contributed by atoms with van der Waals surface area (Å²) in [6.07, 6.45) is 3.01. The first kappa shape index (κ1) is 16.2. The highest BCUT2D eigenvalue weighted by Crippen LogP contribution is 2.11. The van der Waals surface area contributed by atoms with Crippen molar-refractivity contribution >= 4 is 16.0 Å². The van der Waals surface area contributed by atoms with Gasteiger partial charge in [0.2, 0.25) is 10.0 Å². The highest BCUT2D eigenvalue weighted by molar-refractivity contribution is 7.89. The van der Waals surface area contributed by atoms with Gasteiger partial charge in [0.15, 0.2) is 5.96 Å². The van der Waals surface area contributed by atoms with Gasteiger partial charge in [-0.05, 0) is 12.8 Å². The smallest absolute Gasteiger partial charge is 0.214 e. The first-order chi connectivity index (χ1) is 9.01. The Morgan fingerprint density at radius 2 is 2.21 bits per heavy atom. The van der Waals surface area contributed by atoms with Crippen molar-refractivity contribution in [1.29, 1.82) is 0 Å². The van der Waals surface area contributed by atoms with Crippen LogP contribution in [0, 0.1) is 0 Å². The molecule has 1 aliphatic heterocycles. The average molecular weight is 290 g/mol. The van der Waals surface area contributed by atoms with Crippen LogP contribution in [0.5, 0.6) is 0 Å². The molecule has 0 aliphatic carbocycles. The molecule has 0 bridgehead atoms. The van der Waals surface area contributed by atoms with E-state index < -0.39 is 10.0 Å². The Kier molecular flexibility index (Phi) is 6.57. The molecule has 0 aromatic carbocycles. The zero-order chi connectivity index (χ0) is 14.3. The summed E-state index contributed by atoms with van der Waals surface area (Å²) in [5, 5.41) is 3.21. The summed E-state index contributed by atoms with van der Waals surface area (Å²) in [5.74, 6) is 1.11. The topological polar surface area (TPSA) is 65.0 Å². The summed E-state index contributed by atoms with van der Waals surface area (Å²) < 4.78 is 24.8. The molecular weight excluding hydrogens is 264 g/mol. The second-order valence-corrected chi connectivity index (χ2v) is 6.91. The molecule has 7 heteroatoms. The minimum absolute atomic E-state index is 0.290. The summed E-state index contributed by atoms with van der Waals surface area (Å²) in [6.45, 7) is 4.88. The van der Waals surface area contributed by atoms with Gasteiger partial charge in [0.1, 0.15) is 0 Å². The van der Waals surface area contributed by atoms with Crippen molar-refractivity contribution in [3.63, 3.8) is 0 Å². The predicted octanol–water partition coefficient (Wildman–Crippen LogP) is 0.329. The van der Waals surface area contributed by atoms with E-state index >= 15 is 0 Å². The van der Waals surface area contributed by atoms with E-state index in [9.17, 15) is 8.42 Å². The van der Waals surface area contributed by atoms with Crippen molar-refractivity contribution < 1.29 is 8.42 Å². The maximum absolute atomic E-state index is 11.6. The molecule has 1 fully saturated rings. The molecule has 0 unspecified atom stereocenters. The molecule has 0 aromatic rings. The van der Waals surface area contributed by atoms with E-state index in [1.165, 1.54) is 0 Å². The highest BCUT2D eigenvalue weighted by atomic mass is 32.2. The summed E-state index contributed by atoms with van der Waals surface area (Å²) >= 11 is 0. The van der Waals surface area contributed by atoms with Crippen LogP contribution in [-0.4, -0.2) is 69.6 Å². The Morgan fingerprint density at radius 3 is 2.74 bits per heavy atom. The molecule has 1 aliphatic rings. The number of guanidine groups is 1. The summed E-state index contributed by atoms with van der Waals surface area (Å²) in [5.41, 5.74) is 0. The predicted molar refractivity (Wildman–Crippen MR) is 78.9 cm³/mol. The third-order valence-electron chi connectivity index (χ3n) is 3.27. The Morgan fingerprint density at radius 1 is 1.47 bits per heavy atom. The minimum atomic E-state index is -2.99. The summed E-state index contributed by atoms with van der Waals surface area (Å²) in [6, 6.07) is 0. The number of aliphatic imine (C=N–C) groups is 1. The lowest BCUT2D eigenvalue weighted by Gasteiger charge is -2.23. The maximum atomic E-state index is 11.6. The van der Waals surface area contributed by atoms with Gasteiger partial charge in [-0.3, -0.25) is 4.99 Å². The molecule has 0 amide bonds. The molecule has 0 atom stereocenters. The van der Waals surface area contributed by atoms with Gasteiger partial charge in [0.05, 0.1) is 5.75 Å². The molecule has 1 heterocycles. The first-order valence-electron chi connectivity index (χ1n) is 6.91. The molecule has 19 heavy (non-hydrogen) atoms. The molecule has 0 saturated carbocycles. The number of unbranched alkanes of at least 4 members (excludes halogenated alkanes) is 1. The number of nitrogens with zero attached hydrogens (tertiary/aromatic N) is 3. The second-order valence-electron chi connectivity index (χ2n) is 4.82. The van der Waals surface area contributed by atoms with Crippen LogP contribution in [-0.2, 0) is 10.0 Å². The fourth-order valence-electron chi connectivity index (χ4n) is 2.12. The van der Waals surface area contributed by atoms with Crippen molar-refractivity contribution in [2.24, 2.45) is 4.99 Å². The first-order valence-corrected chi connectivity index (χ1v) is 8.51. The monoisotopic (exact) mass is 290 g/mol. The van der Waals surface area contributed by atoms with E-state index in [0.717, 1.165) is 31.8 Å². The lowest BCUT2D eigenvalue weighted by Crippen LogP contribution is -2.43. The maximum Gasteiger partial charge on any atom is 0.214 e. The lowest BCUT2D eigenvalue weighted by molar-refractivity contribution is 0.430. The summed E-state index contributed by atoms with van der Waals surface area (Å²) in [7, 11) is 0.759. The Balaban J connectivity index is 2.34. The van der Waals surface area contributed by atoms with E-state index in [2.05, 4.69) is 22.1 Å². The van der Waals surface area contributed by atoms with Gasteiger partial charge in [-0.2, -0.15) is 0 Å². The third-order valence-corrected chi connectivity index (χ3v) is 5.22. The standard InChI is InChI=1S/C12H26N4O2S/c1-4-5-8-15(3)12(13-2)14-7-10-16-9-6-11-19(16,17)18/h4-11H2,1-3H3,(H,13,14). The molecular formula is C12H26N4O2S. The fraction of sp³-hybridized carbons (Fsp3) is 0.917. The number of nitrogens with one attached hydrogen (secondary N) is 1. The fourth-order valence-corrected chi connectivity index (χ4v) is 3.65. The third kappa shape index (κ3) is 4.99. The van der Waals surface area contributed by atoms with Crippen molar-refractivity contribution in [2.75, 3.05) is 46.0 Å². The number of hydrogen-bond acceptors (Lipinski definition) is 3. The van der Waals surface area contributed by atoms with Gasteiger partial charge < -0.3 is 10.2 Å². The normalized spacial score (nSPS) is 19.6. The van der Waals surface area contributed by atoms with E-state index in [0.29, 0.717) is 19.6 Å². The zero-order valence-corrected chi connectivity index (χ0v) is 13.0. The number of hydrogen-bond donors (Lipinski definition) is 1. The Hall–Kier alpha value is -0.820. The molecule has 1 rings (SSSR count). The molecule has 1 saturated heterocycles. The van der Waals surface area contributed by atoms with Crippen LogP contribution in [0.1, 0.15) is 26.2 Å². The van der Waals surface area contributed by atoms with Gasteiger partial charge in [0, 0.05) is 40.3 Å². The van der Waals surface area contributed by atoms with Crippen molar-refractivity contribution in [3.8, 4) is 0 Å². The summed E-state index contributed by atoms with van der Waals surface area (Å²) in [4.78, 5) is 6.28. The highest BCUT2D eigenvalue weighted by Gasteiger charge is 2.27. The van der Waals surface area contributed by atoms with Crippen LogP contribution in [0.15, 0.2) is 4.99 Å². The van der Waals surface area contributed by atoms with Crippen LogP contribution in [0.2, 0.25) is 0 Å². The molecule has 112 valence electrons. The van der Waals surface area contributed by atoms with Crippen LogP contribution in [0.25, 0.3) is 0 Å². The zero-order valence-electron chi connectivity index (χ0n) is 12.2. The molecule has 0 radical (unpaired) electrons.